The molecule has 0 aromatic heterocycles. The zero-order valence-corrected chi connectivity index (χ0v) is 7.88. The first-order valence-electron chi connectivity index (χ1n) is 4.27. The highest BCUT2D eigenvalue weighted by Gasteiger charge is 2.03. The van der Waals surface area contributed by atoms with Crippen LogP contribution in [0.3, 0.4) is 0 Å². The summed E-state index contributed by atoms with van der Waals surface area (Å²) >= 11 is 0. The normalized spacial score (nSPS) is 16.5. The summed E-state index contributed by atoms with van der Waals surface area (Å²) in [7, 11) is 2.17. The van der Waals surface area contributed by atoms with Crippen molar-refractivity contribution in [3.8, 4) is 0 Å². The van der Waals surface area contributed by atoms with Gasteiger partial charge in [-0.3, -0.25) is 0 Å². The summed E-state index contributed by atoms with van der Waals surface area (Å²) in [6.45, 7) is 4.69. The topological polar surface area (TPSA) is 55.6 Å². The summed E-state index contributed by atoms with van der Waals surface area (Å²) in [6, 6.07) is 0. The molecule has 1 fully saturated rings. The van der Waals surface area contributed by atoms with E-state index in [1.807, 2.05) is 0 Å². The molecule has 0 atom stereocenters. The van der Waals surface area contributed by atoms with Crippen LogP contribution in [0.15, 0.2) is 0 Å². The van der Waals surface area contributed by atoms with Crippen molar-refractivity contribution in [1.29, 1.82) is 0 Å². The fourth-order valence-electron chi connectivity index (χ4n) is 1.02. The molecule has 1 aliphatic rings. The van der Waals surface area contributed by atoms with Crippen LogP contribution in [0, 0.1) is 0 Å². The molecule has 0 aliphatic carbocycles. The average molecular weight is 174 g/mol. The van der Waals surface area contributed by atoms with Gasteiger partial charge in [0.2, 0.25) is 0 Å². The van der Waals surface area contributed by atoms with Crippen LogP contribution in [0.25, 0.3) is 0 Å². The summed E-state index contributed by atoms with van der Waals surface area (Å²) in [5.41, 5.74) is 4.54. The molecule has 1 rings (SSSR count). The number of nitrogens with zero attached hydrogens (tertiary/aromatic N) is 1. The van der Waals surface area contributed by atoms with Crippen molar-refractivity contribution in [3.05, 3.63) is 0 Å². The Kier molecular flexibility index (Phi) is 6.47. The van der Waals surface area contributed by atoms with Crippen LogP contribution >= 0.6 is 0 Å². The Morgan fingerprint density at radius 2 is 2.00 bits per heavy atom. The molecule has 0 spiro atoms. The zero-order chi connectivity index (χ0) is 9.40. The van der Waals surface area contributed by atoms with Gasteiger partial charge in [-0.15, -0.1) is 0 Å². The number of rotatable bonds is 1. The van der Waals surface area contributed by atoms with Gasteiger partial charge in [-0.05, 0) is 39.9 Å². The second-order valence-corrected chi connectivity index (χ2v) is 2.76. The number of hydrogen-bond acceptors (Lipinski definition) is 3. The molecule has 0 saturated carbocycles. The number of nitrogens with two attached hydrogens (primary N) is 1. The largest absolute Gasteiger partial charge is 0.450 e. The van der Waals surface area contributed by atoms with Crippen LogP contribution in [0.4, 0.5) is 4.79 Å². The van der Waals surface area contributed by atoms with Gasteiger partial charge in [0.1, 0.15) is 0 Å². The molecule has 1 amide bonds. The van der Waals surface area contributed by atoms with Crippen molar-refractivity contribution in [2.45, 2.75) is 19.8 Å². The molecule has 0 radical (unpaired) electrons. The maximum absolute atomic E-state index is 9.60. The first-order valence-corrected chi connectivity index (χ1v) is 4.27. The molecule has 4 heteroatoms. The van der Waals surface area contributed by atoms with Crippen LogP contribution in [0.1, 0.15) is 19.8 Å². The third kappa shape index (κ3) is 7.34. The van der Waals surface area contributed by atoms with E-state index in [4.69, 9.17) is 0 Å². The van der Waals surface area contributed by atoms with Gasteiger partial charge in [-0.1, -0.05) is 0 Å². The minimum atomic E-state index is -0.711. The molecular formula is C8H18N2O2. The van der Waals surface area contributed by atoms with E-state index in [1.54, 1.807) is 6.92 Å². The number of amides is 1. The second-order valence-electron chi connectivity index (χ2n) is 2.76. The van der Waals surface area contributed by atoms with Gasteiger partial charge in [0, 0.05) is 0 Å². The number of carbonyl (C=O) groups is 1. The Morgan fingerprint density at radius 3 is 2.08 bits per heavy atom. The molecule has 4 nitrogen and oxygen atoms in total. The Morgan fingerprint density at radius 1 is 1.50 bits per heavy atom. The highest BCUT2D eigenvalue weighted by molar-refractivity contribution is 5.64. The van der Waals surface area contributed by atoms with Crippen molar-refractivity contribution in [1.82, 2.24) is 4.90 Å². The lowest BCUT2D eigenvalue weighted by Gasteiger charge is -2.01. The first kappa shape index (κ1) is 11.2. The average Bonchev–Trinajstić information content (AvgIpc) is 2.40. The van der Waals surface area contributed by atoms with Crippen LogP contribution in [-0.4, -0.2) is 37.7 Å². The highest BCUT2D eigenvalue weighted by Crippen LogP contribution is 2.01. The molecule has 1 aliphatic heterocycles. The lowest BCUT2D eigenvalue weighted by Crippen LogP contribution is -2.11. The van der Waals surface area contributed by atoms with E-state index in [1.165, 1.54) is 25.9 Å². The van der Waals surface area contributed by atoms with Gasteiger partial charge in [-0.25, -0.2) is 4.79 Å². The van der Waals surface area contributed by atoms with Crippen LogP contribution in [0.5, 0.6) is 0 Å². The van der Waals surface area contributed by atoms with Crippen LogP contribution < -0.4 is 5.73 Å². The molecule has 0 unspecified atom stereocenters. The SMILES string of the molecule is CCOC(N)=O.CN1CCCC1. The van der Waals surface area contributed by atoms with Crippen molar-refractivity contribution < 1.29 is 9.53 Å². The van der Waals surface area contributed by atoms with Gasteiger partial charge in [-0.2, -0.15) is 0 Å². The van der Waals surface area contributed by atoms with Crippen LogP contribution in [-0.2, 0) is 4.74 Å². The summed E-state index contributed by atoms with van der Waals surface area (Å²) in [5, 5.41) is 0. The Labute approximate surface area is 73.7 Å². The maximum Gasteiger partial charge on any atom is 0.404 e. The lowest BCUT2D eigenvalue weighted by molar-refractivity contribution is 0.163. The quantitative estimate of drug-likeness (QED) is 0.640. The van der Waals surface area contributed by atoms with Gasteiger partial charge in [0.05, 0.1) is 6.61 Å². The Bertz CT molecular complexity index is 122. The van der Waals surface area contributed by atoms with Gasteiger partial charge >= 0.3 is 6.09 Å². The van der Waals surface area contributed by atoms with E-state index in [-0.39, 0.29) is 0 Å². The van der Waals surface area contributed by atoms with E-state index in [2.05, 4.69) is 22.4 Å². The van der Waals surface area contributed by atoms with Gasteiger partial charge in [0.15, 0.2) is 0 Å². The van der Waals surface area contributed by atoms with E-state index in [0.29, 0.717) is 6.61 Å². The van der Waals surface area contributed by atoms with E-state index >= 15 is 0 Å². The van der Waals surface area contributed by atoms with Crippen LogP contribution in [0.2, 0.25) is 0 Å². The second kappa shape index (κ2) is 6.91. The summed E-state index contributed by atoms with van der Waals surface area (Å²) in [5.74, 6) is 0. The van der Waals surface area contributed by atoms with E-state index in [9.17, 15) is 4.79 Å². The first-order chi connectivity index (χ1) is 5.66. The molecule has 0 aromatic carbocycles. The molecule has 72 valence electrons. The smallest absolute Gasteiger partial charge is 0.404 e. The van der Waals surface area contributed by atoms with Gasteiger partial charge in [0.25, 0.3) is 0 Å². The number of likely N-dealkylation sites (tertiary alicyclic amines) is 1. The van der Waals surface area contributed by atoms with Gasteiger partial charge < -0.3 is 15.4 Å². The number of primary amides is 1. The number of carbonyl (C=O) groups excluding carboxylic acids is 1. The molecule has 0 aromatic rings. The summed E-state index contributed by atoms with van der Waals surface area (Å²) < 4.78 is 4.18. The maximum atomic E-state index is 9.60. The van der Waals surface area contributed by atoms with E-state index in [0.717, 1.165) is 0 Å². The number of hydrogen-bond donors (Lipinski definition) is 1. The standard InChI is InChI=1S/C5H11N.C3H7NO2/c1-6-4-2-3-5-6;1-2-6-3(4)5/h2-5H2,1H3;2H2,1H3,(H2,4,5). The molecule has 0 bridgehead atoms. The predicted octanol–water partition coefficient (Wildman–Crippen LogP) is 0.814. The zero-order valence-electron chi connectivity index (χ0n) is 7.88. The lowest BCUT2D eigenvalue weighted by atomic mass is 10.4. The molecule has 12 heavy (non-hydrogen) atoms. The molecular weight excluding hydrogens is 156 g/mol. The monoisotopic (exact) mass is 174 g/mol. The summed E-state index contributed by atoms with van der Waals surface area (Å²) in [6.07, 6.45) is 2.12. The van der Waals surface area contributed by atoms with Crippen molar-refractivity contribution in [3.63, 3.8) is 0 Å². The van der Waals surface area contributed by atoms with E-state index < -0.39 is 6.09 Å². The van der Waals surface area contributed by atoms with Crippen molar-refractivity contribution in [2.24, 2.45) is 5.73 Å². The third-order valence-corrected chi connectivity index (χ3v) is 1.62. The van der Waals surface area contributed by atoms with Crippen molar-refractivity contribution in [2.75, 3.05) is 26.7 Å². The fourth-order valence-corrected chi connectivity index (χ4v) is 1.02. The number of ether oxygens (including phenoxy) is 1. The molecule has 1 heterocycles. The predicted molar refractivity (Wildman–Crippen MR) is 47.9 cm³/mol. The van der Waals surface area contributed by atoms with Crippen molar-refractivity contribution >= 4 is 6.09 Å². The minimum Gasteiger partial charge on any atom is -0.450 e. The highest BCUT2D eigenvalue weighted by atomic mass is 16.5. The summed E-state index contributed by atoms with van der Waals surface area (Å²) in [4.78, 5) is 12.0. The minimum absolute atomic E-state index is 0.356. The molecule has 1 saturated heterocycles. The molecule has 2 N–H and O–H groups in total. The Hall–Kier alpha value is -0.770. The third-order valence-electron chi connectivity index (χ3n) is 1.62. The Balaban J connectivity index is 0.000000202. The fraction of sp³-hybridized carbons (Fsp3) is 0.875.